The van der Waals surface area contributed by atoms with Gasteiger partial charge in [-0.25, -0.2) is 0 Å². The molecular weight excluding hydrogens is 236 g/mol. The molecule has 1 aromatic carbocycles. The molecule has 0 aromatic heterocycles. The maximum absolute atomic E-state index is 9.99. The first kappa shape index (κ1) is 14.3. The summed E-state index contributed by atoms with van der Waals surface area (Å²) < 4.78 is 0. The van der Waals surface area contributed by atoms with Gasteiger partial charge < -0.3 is 16.2 Å². The number of nitrogen functional groups attached to an aromatic ring is 1. The Morgan fingerprint density at radius 1 is 1.41 bits per heavy atom. The number of aliphatic hydroxyl groups excluding tert-OH is 1. The molecule has 0 aliphatic rings. The Labute approximate surface area is 108 Å². The number of nitrogens with one attached hydrogen (secondary N) is 1. The van der Waals surface area contributed by atoms with E-state index in [1.165, 1.54) is 0 Å². The highest BCUT2D eigenvalue weighted by molar-refractivity contribution is 6.33. The van der Waals surface area contributed by atoms with Crippen molar-refractivity contribution in [2.45, 2.75) is 38.8 Å². The molecule has 0 radical (unpaired) electrons. The third-order valence-corrected chi connectivity index (χ3v) is 2.82. The van der Waals surface area contributed by atoms with E-state index in [9.17, 15) is 5.11 Å². The lowest BCUT2D eigenvalue weighted by Crippen LogP contribution is -2.36. The fourth-order valence-electron chi connectivity index (χ4n) is 1.52. The molecule has 1 atom stereocenters. The molecule has 96 valence electrons. The maximum atomic E-state index is 9.99. The first-order valence-electron chi connectivity index (χ1n) is 5.77. The molecule has 0 saturated heterocycles. The van der Waals surface area contributed by atoms with Crippen molar-refractivity contribution in [2.75, 3.05) is 12.3 Å². The van der Waals surface area contributed by atoms with Crippen molar-refractivity contribution in [3.8, 4) is 0 Å². The average Bonchev–Trinajstić information content (AvgIpc) is 2.20. The summed E-state index contributed by atoms with van der Waals surface area (Å²) in [6, 6.07) is 5.25. The minimum atomic E-state index is -0.510. The molecule has 17 heavy (non-hydrogen) atoms. The van der Waals surface area contributed by atoms with Crippen molar-refractivity contribution < 1.29 is 5.11 Å². The van der Waals surface area contributed by atoms with Crippen LogP contribution in [0, 0.1) is 0 Å². The van der Waals surface area contributed by atoms with Crippen LogP contribution in [0.1, 0.15) is 38.9 Å². The van der Waals surface area contributed by atoms with Gasteiger partial charge in [0.05, 0.1) is 16.8 Å². The number of hydrogen-bond acceptors (Lipinski definition) is 3. The minimum absolute atomic E-state index is 0.0682. The monoisotopic (exact) mass is 256 g/mol. The molecule has 0 aliphatic heterocycles. The number of rotatable bonds is 4. The van der Waals surface area contributed by atoms with Crippen LogP contribution in [0.15, 0.2) is 18.2 Å². The van der Waals surface area contributed by atoms with Gasteiger partial charge in [0.2, 0.25) is 0 Å². The summed E-state index contributed by atoms with van der Waals surface area (Å²) >= 11 is 5.83. The summed E-state index contributed by atoms with van der Waals surface area (Å²) in [6.45, 7) is 7.05. The second kappa shape index (κ2) is 5.71. The van der Waals surface area contributed by atoms with Crippen molar-refractivity contribution in [3.05, 3.63) is 28.8 Å². The molecule has 1 unspecified atom stereocenters. The molecule has 0 fully saturated rings. The van der Waals surface area contributed by atoms with Gasteiger partial charge in [0.25, 0.3) is 0 Å². The zero-order valence-corrected chi connectivity index (χ0v) is 11.4. The standard InChI is InChI=1S/C13H21ClN2O/c1-13(2,3)16-7-6-12(17)9-4-5-10(14)11(15)8-9/h4-5,8,12,16-17H,6-7,15H2,1-3H3. The largest absolute Gasteiger partial charge is 0.398 e. The lowest BCUT2D eigenvalue weighted by atomic mass is 10.0. The second-order valence-electron chi connectivity index (χ2n) is 5.26. The van der Waals surface area contributed by atoms with Gasteiger partial charge in [-0.1, -0.05) is 17.7 Å². The second-order valence-corrected chi connectivity index (χ2v) is 5.67. The van der Waals surface area contributed by atoms with Crippen LogP contribution in [0.4, 0.5) is 5.69 Å². The Morgan fingerprint density at radius 2 is 2.06 bits per heavy atom. The van der Waals surface area contributed by atoms with Crippen LogP contribution in [0.5, 0.6) is 0 Å². The van der Waals surface area contributed by atoms with Gasteiger partial charge in [0, 0.05) is 5.54 Å². The quantitative estimate of drug-likeness (QED) is 0.726. The smallest absolute Gasteiger partial charge is 0.0802 e. The summed E-state index contributed by atoms with van der Waals surface area (Å²) in [7, 11) is 0. The van der Waals surface area contributed by atoms with Crippen molar-refractivity contribution in [1.29, 1.82) is 0 Å². The van der Waals surface area contributed by atoms with Gasteiger partial charge in [0.15, 0.2) is 0 Å². The number of hydrogen-bond donors (Lipinski definition) is 3. The molecular formula is C13H21ClN2O. The molecule has 0 heterocycles. The van der Waals surface area contributed by atoms with Crippen LogP contribution in [-0.2, 0) is 0 Å². The van der Waals surface area contributed by atoms with Crippen LogP contribution >= 0.6 is 11.6 Å². The average molecular weight is 257 g/mol. The summed E-state index contributed by atoms with van der Waals surface area (Å²) in [5, 5.41) is 13.8. The maximum Gasteiger partial charge on any atom is 0.0802 e. The van der Waals surface area contributed by atoms with E-state index >= 15 is 0 Å². The zero-order valence-electron chi connectivity index (χ0n) is 10.6. The van der Waals surface area contributed by atoms with Crippen molar-refractivity contribution in [3.63, 3.8) is 0 Å². The third-order valence-electron chi connectivity index (χ3n) is 2.48. The molecule has 1 rings (SSSR count). The highest BCUT2D eigenvalue weighted by Gasteiger charge is 2.12. The van der Waals surface area contributed by atoms with Crippen molar-refractivity contribution >= 4 is 17.3 Å². The van der Waals surface area contributed by atoms with Crippen LogP contribution in [0.3, 0.4) is 0 Å². The Balaban J connectivity index is 2.52. The number of halogens is 1. The summed E-state index contributed by atoms with van der Waals surface area (Å²) in [6.07, 6.45) is 0.141. The molecule has 0 bridgehead atoms. The van der Waals surface area contributed by atoms with Crippen molar-refractivity contribution in [2.24, 2.45) is 0 Å². The first-order chi connectivity index (χ1) is 7.79. The number of aliphatic hydroxyl groups is 1. The van der Waals surface area contributed by atoms with Gasteiger partial charge in [-0.15, -0.1) is 0 Å². The Morgan fingerprint density at radius 3 is 2.59 bits per heavy atom. The molecule has 3 nitrogen and oxygen atoms in total. The molecule has 1 aromatic rings. The van der Waals surface area contributed by atoms with Crippen molar-refractivity contribution in [1.82, 2.24) is 5.32 Å². The van der Waals surface area contributed by atoms with Gasteiger partial charge in [-0.05, 0) is 51.4 Å². The third kappa shape index (κ3) is 4.94. The van der Waals surface area contributed by atoms with Crippen LogP contribution < -0.4 is 11.1 Å². The number of nitrogens with two attached hydrogens (primary N) is 1. The topological polar surface area (TPSA) is 58.3 Å². The minimum Gasteiger partial charge on any atom is -0.398 e. The number of anilines is 1. The fraction of sp³-hybridized carbons (Fsp3) is 0.538. The van der Waals surface area contributed by atoms with Gasteiger partial charge in [0.1, 0.15) is 0 Å². The predicted molar refractivity (Wildman–Crippen MR) is 73.2 cm³/mol. The van der Waals surface area contributed by atoms with E-state index in [1.807, 2.05) is 0 Å². The van der Waals surface area contributed by atoms with E-state index in [2.05, 4.69) is 26.1 Å². The molecule has 4 heteroatoms. The first-order valence-corrected chi connectivity index (χ1v) is 6.15. The predicted octanol–water partition coefficient (Wildman–Crippen LogP) is 2.73. The van der Waals surface area contributed by atoms with E-state index in [-0.39, 0.29) is 5.54 Å². The van der Waals surface area contributed by atoms with Gasteiger partial charge >= 0.3 is 0 Å². The molecule has 0 spiro atoms. The van der Waals surface area contributed by atoms with E-state index in [0.717, 1.165) is 12.1 Å². The van der Waals surface area contributed by atoms with Crippen LogP contribution in [0.25, 0.3) is 0 Å². The van der Waals surface area contributed by atoms with Crippen LogP contribution in [0.2, 0.25) is 5.02 Å². The van der Waals surface area contributed by atoms with E-state index in [0.29, 0.717) is 17.1 Å². The SMILES string of the molecule is CC(C)(C)NCCC(O)c1ccc(Cl)c(N)c1. The molecule has 0 amide bonds. The van der Waals surface area contributed by atoms with Gasteiger partial charge in [-0.2, -0.15) is 0 Å². The zero-order chi connectivity index (χ0) is 13.1. The lowest BCUT2D eigenvalue weighted by Gasteiger charge is -2.21. The van der Waals surface area contributed by atoms with E-state index < -0.39 is 6.10 Å². The highest BCUT2D eigenvalue weighted by Crippen LogP contribution is 2.24. The van der Waals surface area contributed by atoms with Crippen LogP contribution in [-0.4, -0.2) is 17.2 Å². The van der Waals surface area contributed by atoms with Gasteiger partial charge in [-0.3, -0.25) is 0 Å². The normalized spacial score (nSPS) is 13.7. The summed E-state index contributed by atoms with van der Waals surface area (Å²) in [5.74, 6) is 0. The summed E-state index contributed by atoms with van der Waals surface area (Å²) in [4.78, 5) is 0. The molecule has 0 saturated carbocycles. The molecule has 0 aliphatic carbocycles. The Bertz CT molecular complexity index is 374. The Kier molecular flexibility index (Phi) is 4.80. The van der Waals surface area contributed by atoms with E-state index in [1.54, 1.807) is 18.2 Å². The Hall–Kier alpha value is -0.770. The fourth-order valence-corrected chi connectivity index (χ4v) is 1.64. The number of benzene rings is 1. The highest BCUT2D eigenvalue weighted by atomic mass is 35.5. The van der Waals surface area contributed by atoms with E-state index in [4.69, 9.17) is 17.3 Å². The summed E-state index contributed by atoms with van der Waals surface area (Å²) in [5.41, 5.74) is 7.08. The lowest BCUT2D eigenvalue weighted by molar-refractivity contribution is 0.163. The molecule has 4 N–H and O–H groups in total.